The van der Waals surface area contributed by atoms with Crippen molar-refractivity contribution in [2.75, 3.05) is 13.3 Å². The van der Waals surface area contributed by atoms with E-state index >= 15 is 0 Å². The fourth-order valence-electron chi connectivity index (χ4n) is 2.25. The Hall–Kier alpha value is -1.74. The minimum absolute atomic E-state index is 0. The van der Waals surface area contributed by atoms with E-state index in [0.29, 0.717) is 18.2 Å². The van der Waals surface area contributed by atoms with Gasteiger partial charge in [0.1, 0.15) is 5.15 Å². The molecule has 0 bridgehead atoms. The summed E-state index contributed by atoms with van der Waals surface area (Å²) in [5.74, 6) is 2.31. The van der Waals surface area contributed by atoms with E-state index in [2.05, 4.69) is 20.6 Å². The second-order valence-corrected chi connectivity index (χ2v) is 5.61. The molecule has 2 heterocycles. The molecule has 0 aliphatic carbocycles. The van der Waals surface area contributed by atoms with E-state index in [9.17, 15) is 0 Å². The van der Waals surface area contributed by atoms with Crippen molar-refractivity contribution in [3.63, 3.8) is 0 Å². The van der Waals surface area contributed by atoms with Crippen molar-refractivity contribution in [3.05, 3.63) is 52.8 Å². The highest BCUT2D eigenvalue weighted by Crippen LogP contribution is 2.32. The normalized spacial score (nSPS) is 12.5. The molecule has 0 atom stereocenters. The number of guanidine groups is 1. The number of hydrogen-bond donors (Lipinski definition) is 2. The zero-order chi connectivity index (χ0) is 16.8. The second-order valence-electron chi connectivity index (χ2n) is 5.23. The molecule has 3 rings (SSSR count). The van der Waals surface area contributed by atoms with Gasteiger partial charge in [-0.15, -0.1) is 24.0 Å². The number of aromatic nitrogens is 1. The van der Waals surface area contributed by atoms with Crippen molar-refractivity contribution in [2.45, 2.75) is 20.0 Å². The molecular weight excluding hydrogens is 455 g/mol. The van der Waals surface area contributed by atoms with Crippen molar-refractivity contribution in [1.29, 1.82) is 0 Å². The van der Waals surface area contributed by atoms with Crippen LogP contribution >= 0.6 is 35.6 Å². The van der Waals surface area contributed by atoms with Crippen LogP contribution in [0.5, 0.6) is 11.5 Å². The van der Waals surface area contributed by atoms with E-state index in [1.54, 1.807) is 12.3 Å². The van der Waals surface area contributed by atoms with Crippen molar-refractivity contribution in [2.24, 2.45) is 4.99 Å². The van der Waals surface area contributed by atoms with Gasteiger partial charge in [0.05, 0.1) is 6.54 Å². The van der Waals surface area contributed by atoms with Crippen LogP contribution in [0.25, 0.3) is 0 Å². The SMILES string of the molecule is CCNC(=NCc1ccc(Cl)nc1)NCc1ccc2c(c1)OCO2.I. The number of aliphatic imine (C=N–C) groups is 1. The second kappa shape index (κ2) is 9.67. The molecule has 25 heavy (non-hydrogen) atoms. The maximum atomic E-state index is 5.79. The summed E-state index contributed by atoms with van der Waals surface area (Å²) in [6, 6.07) is 9.58. The maximum Gasteiger partial charge on any atom is 0.231 e. The number of ether oxygens (including phenoxy) is 2. The van der Waals surface area contributed by atoms with Crippen molar-refractivity contribution < 1.29 is 9.47 Å². The Morgan fingerprint density at radius 1 is 1.16 bits per heavy atom. The number of fused-ring (bicyclic) bond motifs is 1. The number of halogens is 2. The third kappa shape index (κ3) is 5.64. The zero-order valence-corrected chi connectivity index (χ0v) is 16.9. The maximum absolute atomic E-state index is 5.79. The van der Waals surface area contributed by atoms with E-state index < -0.39 is 0 Å². The van der Waals surface area contributed by atoms with Gasteiger partial charge in [0.2, 0.25) is 6.79 Å². The van der Waals surface area contributed by atoms with Crippen LogP contribution in [0.1, 0.15) is 18.1 Å². The largest absolute Gasteiger partial charge is 0.454 e. The number of nitrogens with one attached hydrogen (secondary N) is 2. The van der Waals surface area contributed by atoms with Crippen LogP contribution in [-0.2, 0) is 13.1 Å². The summed E-state index contributed by atoms with van der Waals surface area (Å²) < 4.78 is 10.7. The van der Waals surface area contributed by atoms with E-state index in [-0.39, 0.29) is 30.8 Å². The molecule has 1 aliphatic heterocycles. The molecular formula is C17H20ClIN4O2. The van der Waals surface area contributed by atoms with Crippen LogP contribution in [0.2, 0.25) is 5.15 Å². The van der Waals surface area contributed by atoms with Gasteiger partial charge in [0.15, 0.2) is 17.5 Å². The van der Waals surface area contributed by atoms with Crippen LogP contribution in [0, 0.1) is 0 Å². The average Bonchev–Trinajstić information content (AvgIpc) is 3.06. The van der Waals surface area contributed by atoms with E-state index in [1.165, 1.54) is 0 Å². The topological polar surface area (TPSA) is 67.8 Å². The molecule has 8 heteroatoms. The molecule has 134 valence electrons. The minimum Gasteiger partial charge on any atom is -0.454 e. The molecule has 0 unspecified atom stereocenters. The molecule has 2 N–H and O–H groups in total. The summed E-state index contributed by atoms with van der Waals surface area (Å²) in [6.45, 7) is 4.26. The van der Waals surface area contributed by atoms with Crippen molar-refractivity contribution >= 4 is 41.5 Å². The first kappa shape index (κ1) is 19.6. The van der Waals surface area contributed by atoms with Crippen LogP contribution in [0.4, 0.5) is 0 Å². The number of hydrogen-bond acceptors (Lipinski definition) is 4. The first-order valence-electron chi connectivity index (χ1n) is 7.75. The van der Waals surface area contributed by atoms with Crippen molar-refractivity contribution in [3.8, 4) is 11.5 Å². The van der Waals surface area contributed by atoms with Gasteiger partial charge in [0.25, 0.3) is 0 Å². The van der Waals surface area contributed by atoms with Gasteiger partial charge in [-0.1, -0.05) is 23.7 Å². The Labute approximate surface area is 169 Å². The first-order valence-corrected chi connectivity index (χ1v) is 8.13. The predicted molar refractivity (Wildman–Crippen MR) is 109 cm³/mol. The van der Waals surface area contributed by atoms with E-state index in [4.69, 9.17) is 21.1 Å². The molecule has 0 saturated heterocycles. The highest BCUT2D eigenvalue weighted by molar-refractivity contribution is 14.0. The fraction of sp³-hybridized carbons (Fsp3) is 0.294. The Balaban J connectivity index is 0.00000225. The Morgan fingerprint density at radius 2 is 1.96 bits per heavy atom. The van der Waals surface area contributed by atoms with Crippen LogP contribution in [0.15, 0.2) is 41.5 Å². The number of pyridine rings is 1. The molecule has 1 aromatic heterocycles. The minimum atomic E-state index is 0. The van der Waals surface area contributed by atoms with E-state index in [0.717, 1.165) is 35.1 Å². The van der Waals surface area contributed by atoms with Crippen LogP contribution in [0.3, 0.4) is 0 Å². The number of nitrogens with zero attached hydrogens (tertiary/aromatic N) is 2. The van der Waals surface area contributed by atoms with Gasteiger partial charge >= 0.3 is 0 Å². The molecule has 0 saturated carbocycles. The average molecular weight is 475 g/mol. The summed E-state index contributed by atoms with van der Waals surface area (Å²) >= 11 is 5.79. The van der Waals surface area contributed by atoms with Gasteiger partial charge in [-0.2, -0.15) is 0 Å². The van der Waals surface area contributed by atoms with Gasteiger partial charge in [-0.3, -0.25) is 0 Å². The highest BCUT2D eigenvalue weighted by Gasteiger charge is 2.13. The summed E-state index contributed by atoms with van der Waals surface area (Å²) in [4.78, 5) is 8.62. The van der Waals surface area contributed by atoms with Gasteiger partial charge in [0, 0.05) is 19.3 Å². The molecule has 0 radical (unpaired) electrons. The Morgan fingerprint density at radius 3 is 2.72 bits per heavy atom. The lowest BCUT2D eigenvalue weighted by Crippen LogP contribution is -2.36. The molecule has 0 amide bonds. The lowest BCUT2D eigenvalue weighted by Gasteiger charge is -2.11. The lowest BCUT2D eigenvalue weighted by molar-refractivity contribution is 0.174. The molecule has 0 spiro atoms. The predicted octanol–water partition coefficient (Wildman–Crippen LogP) is 3.34. The smallest absolute Gasteiger partial charge is 0.231 e. The quantitative estimate of drug-likeness (QED) is 0.301. The van der Waals surface area contributed by atoms with Crippen molar-refractivity contribution in [1.82, 2.24) is 15.6 Å². The van der Waals surface area contributed by atoms with E-state index in [1.807, 2.05) is 31.2 Å². The summed E-state index contributed by atoms with van der Waals surface area (Å²) in [5.41, 5.74) is 2.10. The van der Waals surface area contributed by atoms with Gasteiger partial charge in [-0.25, -0.2) is 9.98 Å². The molecule has 0 fully saturated rings. The summed E-state index contributed by atoms with van der Waals surface area (Å²) in [5, 5.41) is 7.01. The van der Waals surface area contributed by atoms with Crippen LogP contribution in [-0.4, -0.2) is 24.3 Å². The Kier molecular flexibility index (Phi) is 7.57. The highest BCUT2D eigenvalue weighted by atomic mass is 127. The standard InChI is InChI=1S/C17H19ClN4O2.HI/c1-2-19-17(22-10-13-4-6-16(18)20-9-13)21-8-12-3-5-14-15(7-12)24-11-23-14;/h3-7,9H,2,8,10-11H2,1H3,(H2,19,21,22);1H. The lowest BCUT2D eigenvalue weighted by atomic mass is 10.2. The molecule has 2 aromatic rings. The molecule has 6 nitrogen and oxygen atoms in total. The third-order valence-corrected chi connectivity index (χ3v) is 3.67. The summed E-state index contributed by atoms with van der Waals surface area (Å²) in [6.07, 6.45) is 1.73. The van der Waals surface area contributed by atoms with Gasteiger partial charge in [-0.05, 0) is 36.2 Å². The zero-order valence-electron chi connectivity index (χ0n) is 13.8. The molecule has 1 aromatic carbocycles. The Bertz CT molecular complexity index is 725. The molecule has 1 aliphatic rings. The fourth-order valence-corrected chi connectivity index (χ4v) is 2.36. The number of rotatable bonds is 5. The van der Waals surface area contributed by atoms with Crippen LogP contribution < -0.4 is 20.1 Å². The first-order chi connectivity index (χ1) is 11.7. The van der Waals surface area contributed by atoms with Gasteiger partial charge < -0.3 is 20.1 Å². The number of benzene rings is 1. The monoisotopic (exact) mass is 474 g/mol. The summed E-state index contributed by atoms with van der Waals surface area (Å²) in [7, 11) is 0. The third-order valence-electron chi connectivity index (χ3n) is 3.45.